The van der Waals surface area contributed by atoms with Gasteiger partial charge in [0.15, 0.2) is 17.5 Å². The maximum absolute atomic E-state index is 5.16. The molecule has 0 bridgehead atoms. The smallest absolute Gasteiger partial charge is 0.164 e. The molecule has 258 valence electrons. The van der Waals surface area contributed by atoms with Gasteiger partial charge >= 0.3 is 0 Å². The van der Waals surface area contributed by atoms with Crippen LogP contribution in [0.25, 0.3) is 101 Å². The van der Waals surface area contributed by atoms with Crippen LogP contribution in [0.1, 0.15) is 25.0 Å². The minimum Gasteiger partial charge on any atom is -0.208 e. The normalized spacial score (nSPS) is 13.1. The van der Waals surface area contributed by atoms with Gasteiger partial charge in [-0.25, -0.2) is 15.0 Å². The number of aromatic nitrogens is 3. The molecule has 1 aromatic heterocycles. The summed E-state index contributed by atoms with van der Waals surface area (Å²) in [6.07, 6.45) is 0. The van der Waals surface area contributed by atoms with Gasteiger partial charge in [-0.2, -0.15) is 0 Å². The Morgan fingerprint density at radius 2 is 0.673 bits per heavy atom. The third kappa shape index (κ3) is 4.86. The highest BCUT2D eigenvalue weighted by Crippen LogP contribution is 2.52. The molecule has 0 saturated heterocycles. The van der Waals surface area contributed by atoms with Gasteiger partial charge < -0.3 is 0 Å². The van der Waals surface area contributed by atoms with E-state index in [1.807, 2.05) is 18.2 Å². The summed E-state index contributed by atoms with van der Waals surface area (Å²) in [5.74, 6) is 1.98. The topological polar surface area (TPSA) is 38.7 Å². The van der Waals surface area contributed by atoms with E-state index in [4.69, 9.17) is 15.0 Å². The van der Waals surface area contributed by atoms with Crippen molar-refractivity contribution in [3.63, 3.8) is 0 Å². The summed E-state index contributed by atoms with van der Waals surface area (Å²) in [5, 5.41) is 2.60. The number of fused-ring (bicyclic) bond motifs is 6. The lowest BCUT2D eigenvalue weighted by Crippen LogP contribution is -2.15. The van der Waals surface area contributed by atoms with Crippen LogP contribution in [0.4, 0.5) is 0 Å². The van der Waals surface area contributed by atoms with E-state index < -0.39 is 0 Å². The first-order valence-corrected chi connectivity index (χ1v) is 18.9. The molecule has 0 N–H and O–H groups in total. The van der Waals surface area contributed by atoms with E-state index in [2.05, 4.69) is 172 Å². The second kappa shape index (κ2) is 12.0. The van der Waals surface area contributed by atoms with Crippen molar-refractivity contribution >= 4 is 10.8 Å². The van der Waals surface area contributed by atoms with Crippen molar-refractivity contribution in [1.82, 2.24) is 15.0 Å². The molecule has 1 heterocycles. The van der Waals surface area contributed by atoms with Crippen molar-refractivity contribution in [2.75, 3.05) is 0 Å². The lowest BCUT2D eigenvalue weighted by molar-refractivity contribution is 0.660. The molecule has 55 heavy (non-hydrogen) atoms. The molecule has 3 nitrogen and oxygen atoms in total. The van der Waals surface area contributed by atoms with Crippen molar-refractivity contribution in [2.24, 2.45) is 0 Å². The molecule has 9 aromatic rings. The number of rotatable bonds is 5. The van der Waals surface area contributed by atoms with Gasteiger partial charge in [0, 0.05) is 22.1 Å². The zero-order valence-corrected chi connectivity index (χ0v) is 30.6. The second-order valence-electron chi connectivity index (χ2n) is 15.2. The summed E-state index contributed by atoms with van der Waals surface area (Å²) in [5.41, 5.74) is 18.0. The van der Waals surface area contributed by atoms with Gasteiger partial charge in [-0.1, -0.05) is 184 Å². The first-order chi connectivity index (χ1) is 27.0. The molecule has 2 aliphatic carbocycles. The van der Waals surface area contributed by atoms with Crippen molar-refractivity contribution in [1.29, 1.82) is 0 Å². The summed E-state index contributed by atoms with van der Waals surface area (Å²) in [6.45, 7) is 4.61. The third-order valence-electron chi connectivity index (χ3n) is 11.7. The Hall–Kier alpha value is -6.97. The van der Waals surface area contributed by atoms with Crippen molar-refractivity contribution < 1.29 is 0 Å². The van der Waals surface area contributed by atoms with E-state index in [0.29, 0.717) is 17.5 Å². The van der Waals surface area contributed by atoms with Gasteiger partial charge in [0.2, 0.25) is 0 Å². The van der Waals surface area contributed by atoms with Crippen LogP contribution in [0, 0.1) is 0 Å². The summed E-state index contributed by atoms with van der Waals surface area (Å²) in [7, 11) is 0. The highest BCUT2D eigenvalue weighted by molar-refractivity contribution is 6.22. The number of nitrogens with zero attached hydrogens (tertiary/aromatic N) is 3. The van der Waals surface area contributed by atoms with Gasteiger partial charge in [-0.15, -0.1) is 0 Å². The Balaban J connectivity index is 1.05. The average Bonchev–Trinajstić information content (AvgIpc) is 3.70. The van der Waals surface area contributed by atoms with Gasteiger partial charge in [0.25, 0.3) is 0 Å². The second-order valence-corrected chi connectivity index (χ2v) is 15.2. The predicted molar refractivity (Wildman–Crippen MR) is 227 cm³/mol. The van der Waals surface area contributed by atoms with E-state index in [1.54, 1.807) is 0 Å². The molecule has 0 spiro atoms. The summed E-state index contributed by atoms with van der Waals surface area (Å²) in [4.78, 5) is 15.3. The maximum Gasteiger partial charge on any atom is 0.164 e. The Morgan fingerprint density at radius 3 is 1.29 bits per heavy atom. The zero-order chi connectivity index (χ0) is 36.7. The fourth-order valence-electron chi connectivity index (χ4n) is 8.99. The molecule has 0 radical (unpaired) electrons. The molecule has 0 amide bonds. The van der Waals surface area contributed by atoms with Crippen LogP contribution < -0.4 is 0 Å². The zero-order valence-electron chi connectivity index (χ0n) is 30.6. The molecule has 0 atom stereocenters. The summed E-state index contributed by atoms with van der Waals surface area (Å²) >= 11 is 0. The van der Waals surface area contributed by atoms with Crippen LogP contribution in [0.5, 0.6) is 0 Å². The molecule has 2 aliphatic rings. The quantitative estimate of drug-likeness (QED) is 0.179. The first-order valence-electron chi connectivity index (χ1n) is 18.9. The average molecular weight is 702 g/mol. The van der Waals surface area contributed by atoms with Crippen LogP contribution in [0.15, 0.2) is 176 Å². The molecular weight excluding hydrogens is 667 g/mol. The van der Waals surface area contributed by atoms with E-state index in [9.17, 15) is 0 Å². The molecule has 3 heteroatoms. The van der Waals surface area contributed by atoms with Crippen LogP contribution in [0.3, 0.4) is 0 Å². The van der Waals surface area contributed by atoms with Gasteiger partial charge in [0.05, 0.1) is 0 Å². The third-order valence-corrected chi connectivity index (χ3v) is 11.7. The lowest BCUT2D eigenvalue weighted by Gasteiger charge is -2.21. The van der Waals surface area contributed by atoms with Crippen LogP contribution in [-0.2, 0) is 5.41 Å². The highest BCUT2D eigenvalue weighted by Gasteiger charge is 2.35. The molecule has 0 fully saturated rings. The van der Waals surface area contributed by atoms with E-state index in [0.717, 1.165) is 22.3 Å². The molecule has 8 aromatic carbocycles. The first kappa shape index (κ1) is 31.5. The number of hydrogen-bond donors (Lipinski definition) is 0. The minimum atomic E-state index is -0.123. The molecule has 0 unspecified atom stereocenters. The SMILES string of the molecule is CC1(C)c2ccccc2-c2ccc(-c3nc(-c4ccccc4)nc(-c4ccc(-c5ccc6c7c(ccc(-c8ccccc8)c57)-c5ccccc5-6)cc4)n3)cc21. The Bertz CT molecular complexity index is 2950. The Morgan fingerprint density at radius 1 is 0.291 bits per heavy atom. The monoisotopic (exact) mass is 701 g/mol. The Kier molecular flexibility index (Phi) is 6.90. The predicted octanol–water partition coefficient (Wildman–Crippen LogP) is 13.3. The Labute approximate surface area is 320 Å². The van der Waals surface area contributed by atoms with E-state index in [-0.39, 0.29) is 5.41 Å². The molecule has 11 rings (SSSR count). The molecule has 0 aliphatic heterocycles. The minimum absolute atomic E-state index is 0.123. The summed E-state index contributed by atoms with van der Waals surface area (Å²) < 4.78 is 0. The molecule has 0 saturated carbocycles. The van der Waals surface area contributed by atoms with Crippen LogP contribution >= 0.6 is 0 Å². The van der Waals surface area contributed by atoms with Gasteiger partial charge in [-0.05, 0) is 83.6 Å². The van der Waals surface area contributed by atoms with E-state index >= 15 is 0 Å². The van der Waals surface area contributed by atoms with Crippen LogP contribution in [0.2, 0.25) is 0 Å². The van der Waals surface area contributed by atoms with Crippen molar-refractivity contribution in [3.8, 4) is 89.8 Å². The van der Waals surface area contributed by atoms with Crippen molar-refractivity contribution in [2.45, 2.75) is 19.3 Å². The standard InChI is InChI=1S/C52H35N3/c1-52(2)45-20-12-11-19-41(45)42-26-25-36(31-46(42)52)51-54-49(34-15-7-4-8-16-34)53-50(55-51)35-23-21-33(22-24-35)38-28-30-44-40-18-10-9-17-39(40)43-29-27-37(47(38)48(43)44)32-13-5-3-6-14-32/h3-31H,1-2H3. The summed E-state index contributed by atoms with van der Waals surface area (Å²) in [6, 6.07) is 63.1. The fraction of sp³-hybridized carbons (Fsp3) is 0.0577. The maximum atomic E-state index is 5.16. The van der Waals surface area contributed by atoms with Gasteiger partial charge in [0.1, 0.15) is 0 Å². The number of hydrogen-bond acceptors (Lipinski definition) is 3. The number of benzene rings is 8. The van der Waals surface area contributed by atoms with Gasteiger partial charge in [-0.3, -0.25) is 0 Å². The van der Waals surface area contributed by atoms with Crippen LogP contribution in [-0.4, -0.2) is 15.0 Å². The largest absolute Gasteiger partial charge is 0.208 e. The fourth-order valence-corrected chi connectivity index (χ4v) is 8.99. The van der Waals surface area contributed by atoms with Crippen molar-refractivity contribution in [3.05, 3.63) is 187 Å². The lowest BCUT2D eigenvalue weighted by atomic mass is 9.82. The van der Waals surface area contributed by atoms with E-state index in [1.165, 1.54) is 72.0 Å². The highest BCUT2D eigenvalue weighted by atomic mass is 15.0. The molecular formula is C52H35N3.